The van der Waals surface area contributed by atoms with Crippen LogP contribution in [0.25, 0.3) is 16.9 Å². The second kappa shape index (κ2) is 7.06. The number of hydrogen-bond acceptors (Lipinski definition) is 2. The molecular formula is C22H22N2O. The number of nitrogens with zero attached hydrogens (tertiary/aromatic N) is 2. The molecule has 126 valence electrons. The first-order valence-electron chi connectivity index (χ1n) is 9.06. The summed E-state index contributed by atoms with van der Waals surface area (Å²) in [6.45, 7) is 0. The van der Waals surface area contributed by atoms with Crippen molar-refractivity contribution in [2.45, 2.75) is 38.0 Å². The molecule has 3 aromatic rings. The second-order valence-corrected chi connectivity index (χ2v) is 6.74. The lowest BCUT2D eigenvalue weighted by Crippen LogP contribution is -2.25. The first kappa shape index (κ1) is 15.8. The third-order valence-electron chi connectivity index (χ3n) is 5.08. The summed E-state index contributed by atoms with van der Waals surface area (Å²) in [5, 5.41) is 0. The average molecular weight is 330 g/mol. The van der Waals surface area contributed by atoms with Crippen LogP contribution in [0, 0.1) is 0 Å². The van der Waals surface area contributed by atoms with Crippen molar-refractivity contribution < 1.29 is 0 Å². The van der Waals surface area contributed by atoms with E-state index >= 15 is 0 Å². The quantitative estimate of drug-likeness (QED) is 0.681. The highest BCUT2D eigenvalue weighted by atomic mass is 16.1. The molecule has 2 aromatic heterocycles. The van der Waals surface area contributed by atoms with Gasteiger partial charge in [-0.15, -0.1) is 0 Å². The fourth-order valence-electron chi connectivity index (χ4n) is 3.76. The summed E-state index contributed by atoms with van der Waals surface area (Å²) in [7, 11) is 0. The van der Waals surface area contributed by atoms with Gasteiger partial charge in [0.2, 0.25) is 0 Å². The second-order valence-electron chi connectivity index (χ2n) is 6.74. The van der Waals surface area contributed by atoms with Crippen LogP contribution >= 0.6 is 0 Å². The smallest absolute Gasteiger partial charge is 0.258 e. The number of pyridine rings is 2. The minimum atomic E-state index is 0.109. The standard InChI is InChI=1S/C22H22N2O/c25-22-20(17-9-3-1-4-10-17)15-18(21-13-7-8-14-23-21)16-24(22)19-11-5-2-6-12-19/h2,5-8,11-17H,1,3-4,9-10H2. The topological polar surface area (TPSA) is 34.9 Å². The number of aromatic nitrogens is 2. The van der Waals surface area contributed by atoms with Gasteiger partial charge in [0, 0.05) is 29.2 Å². The molecule has 1 aliphatic rings. The Bertz CT molecular complexity index is 894. The summed E-state index contributed by atoms with van der Waals surface area (Å²) in [5.74, 6) is 0.361. The zero-order valence-electron chi connectivity index (χ0n) is 14.3. The van der Waals surface area contributed by atoms with Crippen LogP contribution in [0.3, 0.4) is 0 Å². The molecule has 0 amide bonds. The molecule has 0 unspecified atom stereocenters. The van der Waals surface area contributed by atoms with Crippen molar-refractivity contribution >= 4 is 0 Å². The van der Waals surface area contributed by atoms with E-state index in [9.17, 15) is 4.79 Å². The largest absolute Gasteiger partial charge is 0.283 e. The fraction of sp³-hybridized carbons (Fsp3) is 0.273. The predicted octanol–water partition coefficient (Wildman–Crippen LogP) is 4.95. The average Bonchev–Trinajstić information content (AvgIpc) is 2.70. The van der Waals surface area contributed by atoms with E-state index in [0.717, 1.165) is 35.3 Å². The molecule has 25 heavy (non-hydrogen) atoms. The van der Waals surface area contributed by atoms with Gasteiger partial charge in [0.25, 0.3) is 5.56 Å². The summed E-state index contributed by atoms with van der Waals surface area (Å²) < 4.78 is 1.79. The van der Waals surface area contributed by atoms with Gasteiger partial charge in [-0.2, -0.15) is 0 Å². The molecule has 3 heteroatoms. The Hall–Kier alpha value is -2.68. The zero-order chi connectivity index (χ0) is 17.1. The molecule has 0 aliphatic heterocycles. The van der Waals surface area contributed by atoms with Gasteiger partial charge >= 0.3 is 0 Å². The van der Waals surface area contributed by atoms with E-state index in [1.165, 1.54) is 19.3 Å². The van der Waals surface area contributed by atoms with Crippen LogP contribution in [0.15, 0.2) is 71.8 Å². The van der Waals surface area contributed by atoms with Gasteiger partial charge in [0.1, 0.15) is 0 Å². The highest BCUT2D eigenvalue weighted by molar-refractivity contribution is 5.59. The Labute approximate surface area is 148 Å². The molecule has 0 atom stereocenters. The van der Waals surface area contributed by atoms with E-state index in [1.807, 2.05) is 54.7 Å². The Kier molecular flexibility index (Phi) is 4.47. The summed E-state index contributed by atoms with van der Waals surface area (Å²) in [5.41, 5.74) is 3.86. The van der Waals surface area contributed by atoms with Crippen molar-refractivity contribution in [1.82, 2.24) is 9.55 Å². The zero-order valence-corrected chi connectivity index (χ0v) is 14.3. The van der Waals surface area contributed by atoms with Crippen molar-refractivity contribution in [3.8, 4) is 16.9 Å². The highest BCUT2D eigenvalue weighted by Gasteiger charge is 2.21. The van der Waals surface area contributed by atoms with Gasteiger partial charge in [-0.3, -0.25) is 14.3 Å². The van der Waals surface area contributed by atoms with Crippen LogP contribution < -0.4 is 5.56 Å². The number of para-hydroxylation sites is 1. The SMILES string of the molecule is O=c1c(C2CCCCC2)cc(-c2ccccn2)cn1-c1ccccc1. The molecule has 2 heterocycles. The fourth-order valence-corrected chi connectivity index (χ4v) is 3.76. The van der Waals surface area contributed by atoms with Gasteiger partial charge in [-0.25, -0.2) is 0 Å². The molecule has 0 N–H and O–H groups in total. The van der Waals surface area contributed by atoms with Crippen molar-refractivity contribution in [3.63, 3.8) is 0 Å². The van der Waals surface area contributed by atoms with Gasteiger partial charge in [-0.1, -0.05) is 43.5 Å². The Morgan fingerprint density at radius 1 is 0.920 bits per heavy atom. The lowest BCUT2D eigenvalue weighted by Gasteiger charge is -2.23. The molecule has 1 aromatic carbocycles. The van der Waals surface area contributed by atoms with E-state index in [0.29, 0.717) is 5.92 Å². The maximum atomic E-state index is 13.2. The molecule has 0 saturated heterocycles. The van der Waals surface area contributed by atoms with Gasteiger partial charge in [0.05, 0.1) is 5.69 Å². The number of hydrogen-bond donors (Lipinski definition) is 0. The van der Waals surface area contributed by atoms with Gasteiger partial charge in [-0.05, 0) is 49.1 Å². The summed E-state index contributed by atoms with van der Waals surface area (Å²) in [4.78, 5) is 17.7. The molecule has 0 radical (unpaired) electrons. The lowest BCUT2D eigenvalue weighted by molar-refractivity contribution is 0.440. The number of benzene rings is 1. The molecule has 0 spiro atoms. The minimum absolute atomic E-state index is 0.109. The predicted molar refractivity (Wildman–Crippen MR) is 101 cm³/mol. The minimum Gasteiger partial charge on any atom is -0.283 e. The van der Waals surface area contributed by atoms with Crippen molar-refractivity contribution in [1.29, 1.82) is 0 Å². The van der Waals surface area contributed by atoms with Crippen LogP contribution in [-0.4, -0.2) is 9.55 Å². The van der Waals surface area contributed by atoms with Crippen LogP contribution in [0.1, 0.15) is 43.6 Å². The summed E-state index contributed by atoms with van der Waals surface area (Å²) in [6, 6.07) is 17.8. The molecule has 0 bridgehead atoms. The van der Waals surface area contributed by atoms with Crippen LogP contribution in [0.4, 0.5) is 0 Å². The highest BCUT2D eigenvalue weighted by Crippen LogP contribution is 2.32. The van der Waals surface area contributed by atoms with E-state index in [2.05, 4.69) is 11.1 Å². The van der Waals surface area contributed by atoms with E-state index in [1.54, 1.807) is 10.8 Å². The lowest BCUT2D eigenvalue weighted by atomic mass is 9.84. The first-order chi connectivity index (χ1) is 12.3. The van der Waals surface area contributed by atoms with Crippen molar-refractivity contribution in [3.05, 3.63) is 82.9 Å². The summed E-state index contributed by atoms with van der Waals surface area (Å²) in [6.07, 6.45) is 9.64. The monoisotopic (exact) mass is 330 g/mol. The third kappa shape index (κ3) is 3.27. The first-order valence-corrected chi connectivity index (χ1v) is 9.06. The molecule has 3 nitrogen and oxygen atoms in total. The van der Waals surface area contributed by atoms with E-state index in [-0.39, 0.29) is 5.56 Å². The van der Waals surface area contributed by atoms with Crippen molar-refractivity contribution in [2.75, 3.05) is 0 Å². The number of rotatable bonds is 3. The van der Waals surface area contributed by atoms with Crippen molar-refractivity contribution in [2.24, 2.45) is 0 Å². The Balaban J connectivity index is 1.90. The van der Waals surface area contributed by atoms with E-state index < -0.39 is 0 Å². The summed E-state index contributed by atoms with van der Waals surface area (Å²) >= 11 is 0. The van der Waals surface area contributed by atoms with Gasteiger partial charge in [0.15, 0.2) is 0 Å². The Morgan fingerprint density at radius 2 is 1.68 bits per heavy atom. The molecule has 1 fully saturated rings. The Morgan fingerprint density at radius 3 is 2.40 bits per heavy atom. The maximum absolute atomic E-state index is 13.2. The molecular weight excluding hydrogens is 308 g/mol. The maximum Gasteiger partial charge on any atom is 0.258 e. The van der Waals surface area contributed by atoms with E-state index in [4.69, 9.17) is 0 Å². The normalized spacial score (nSPS) is 15.2. The molecule has 1 saturated carbocycles. The van der Waals surface area contributed by atoms with Crippen LogP contribution in [-0.2, 0) is 0 Å². The molecule has 1 aliphatic carbocycles. The third-order valence-corrected chi connectivity index (χ3v) is 5.08. The van der Waals surface area contributed by atoms with Gasteiger partial charge < -0.3 is 0 Å². The van der Waals surface area contributed by atoms with Crippen LogP contribution in [0.5, 0.6) is 0 Å². The molecule has 4 rings (SSSR count). The van der Waals surface area contributed by atoms with Crippen LogP contribution in [0.2, 0.25) is 0 Å².